The summed E-state index contributed by atoms with van der Waals surface area (Å²) in [4.78, 5) is 17.6. The molecule has 1 aromatic heterocycles. The first kappa shape index (κ1) is 20.6. The molecule has 0 radical (unpaired) electrons. The van der Waals surface area contributed by atoms with Crippen molar-refractivity contribution >= 4 is 22.5 Å². The van der Waals surface area contributed by atoms with Crippen molar-refractivity contribution in [1.82, 2.24) is 9.88 Å². The molecule has 0 aliphatic carbocycles. The van der Waals surface area contributed by atoms with Crippen LogP contribution in [-0.2, 0) is 12.7 Å². The summed E-state index contributed by atoms with van der Waals surface area (Å²) < 4.78 is 56.5. The number of urea groups is 1. The average molecular weight is 425 g/mol. The van der Waals surface area contributed by atoms with E-state index in [9.17, 15) is 22.4 Å². The van der Waals surface area contributed by atoms with E-state index in [0.29, 0.717) is 16.4 Å². The topological polar surface area (TPSA) is 54.5 Å². The van der Waals surface area contributed by atoms with Crippen LogP contribution in [0.5, 0.6) is 10.8 Å². The molecular weight excluding hydrogens is 410 g/mol. The number of thiazole rings is 1. The van der Waals surface area contributed by atoms with Crippen LogP contribution in [0.1, 0.15) is 11.1 Å². The van der Waals surface area contributed by atoms with E-state index in [4.69, 9.17) is 4.74 Å². The van der Waals surface area contributed by atoms with Crippen LogP contribution in [0.3, 0.4) is 0 Å². The van der Waals surface area contributed by atoms with Crippen LogP contribution in [0.15, 0.2) is 54.7 Å². The van der Waals surface area contributed by atoms with E-state index in [1.54, 1.807) is 6.07 Å². The highest BCUT2D eigenvalue weighted by molar-refractivity contribution is 7.17. The molecule has 10 heteroatoms. The summed E-state index contributed by atoms with van der Waals surface area (Å²) in [5.41, 5.74) is -0.202. The van der Waals surface area contributed by atoms with Gasteiger partial charge in [0.1, 0.15) is 11.6 Å². The second-order valence-corrected chi connectivity index (χ2v) is 7.02. The number of nitrogens with one attached hydrogen (secondary N) is 1. The molecule has 3 aromatic rings. The van der Waals surface area contributed by atoms with Gasteiger partial charge in [-0.1, -0.05) is 29.5 Å². The first-order valence-electron chi connectivity index (χ1n) is 8.28. The SMILES string of the molecule is CN(Cc1ccc(C(F)(F)F)cc1)C(=O)Nc1ncc(Oc2cccc(F)c2)s1. The number of amides is 2. The van der Waals surface area contributed by atoms with Crippen LogP contribution in [0.25, 0.3) is 0 Å². The molecule has 0 aliphatic rings. The summed E-state index contributed by atoms with van der Waals surface area (Å²) in [5.74, 6) is -0.142. The minimum Gasteiger partial charge on any atom is -0.445 e. The molecule has 0 bridgehead atoms. The predicted molar refractivity (Wildman–Crippen MR) is 101 cm³/mol. The fraction of sp³-hybridized carbons (Fsp3) is 0.158. The molecule has 0 saturated carbocycles. The number of alkyl halides is 3. The summed E-state index contributed by atoms with van der Waals surface area (Å²) >= 11 is 1.05. The highest BCUT2D eigenvalue weighted by atomic mass is 32.1. The van der Waals surface area contributed by atoms with Crippen molar-refractivity contribution in [2.75, 3.05) is 12.4 Å². The summed E-state index contributed by atoms with van der Waals surface area (Å²) in [6, 6.07) is 9.69. The number of hydrogen-bond acceptors (Lipinski definition) is 4. The molecular formula is C19H15F4N3O2S. The van der Waals surface area contributed by atoms with Crippen LogP contribution in [0.2, 0.25) is 0 Å². The number of rotatable bonds is 5. The first-order chi connectivity index (χ1) is 13.7. The van der Waals surface area contributed by atoms with Gasteiger partial charge < -0.3 is 9.64 Å². The number of halogens is 4. The number of benzene rings is 2. The quantitative estimate of drug-likeness (QED) is 0.529. The highest BCUT2D eigenvalue weighted by Crippen LogP contribution is 2.31. The number of hydrogen-bond donors (Lipinski definition) is 1. The third-order valence-electron chi connectivity index (χ3n) is 3.76. The second-order valence-electron chi connectivity index (χ2n) is 6.02. The van der Waals surface area contributed by atoms with Gasteiger partial charge in [0, 0.05) is 19.7 Å². The lowest BCUT2D eigenvalue weighted by molar-refractivity contribution is -0.137. The molecule has 1 heterocycles. The van der Waals surface area contributed by atoms with E-state index in [1.807, 2.05) is 0 Å². The van der Waals surface area contributed by atoms with Gasteiger partial charge in [0.15, 0.2) is 5.13 Å². The summed E-state index contributed by atoms with van der Waals surface area (Å²) in [6.07, 6.45) is -3.01. The molecule has 0 atom stereocenters. The minimum atomic E-state index is -4.40. The number of anilines is 1. The molecule has 2 amide bonds. The lowest BCUT2D eigenvalue weighted by Gasteiger charge is -2.17. The van der Waals surface area contributed by atoms with Gasteiger partial charge in [-0.25, -0.2) is 14.2 Å². The van der Waals surface area contributed by atoms with Crippen molar-refractivity contribution in [3.63, 3.8) is 0 Å². The molecule has 1 N–H and O–H groups in total. The highest BCUT2D eigenvalue weighted by Gasteiger charge is 2.30. The Bertz CT molecular complexity index is 990. The number of carbonyl (C=O) groups is 1. The minimum absolute atomic E-state index is 0.113. The van der Waals surface area contributed by atoms with Gasteiger partial charge in [-0.2, -0.15) is 13.2 Å². The fourth-order valence-electron chi connectivity index (χ4n) is 2.34. The van der Waals surface area contributed by atoms with Gasteiger partial charge in [-0.15, -0.1) is 0 Å². The van der Waals surface area contributed by atoms with Crippen LogP contribution in [0, 0.1) is 5.82 Å². The molecule has 152 valence electrons. The summed E-state index contributed by atoms with van der Waals surface area (Å²) in [5, 5.41) is 3.20. The molecule has 29 heavy (non-hydrogen) atoms. The van der Waals surface area contributed by atoms with Crippen molar-refractivity contribution in [2.45, 2.75) is 12.7 Å². The Morgan fingerprint density at radius 1 is 1.21 bits per heavy atom. The first-order valence-corrected chi connectivity index (χ1v) is 9.10. The zero-order chi connectivity index (χ0) is 21.0. The van der Waals surface area contributed by atoms with E-state index >= 15 is 0 Å². The predicted octanol–water partition coefficient (Wildman–Crippen LogP) is 5.76. The van der Waals surface area contributed by atoms with Gasteiger partial charge in [0.25, 0.3) is 0 Å². The summed E-state index contributed by atoms with van der Waals surface area (Å²) in [6.45, 7) is 0.113. The maximum absolute atomic E-state index is 13.2. The maximum Gasteiger partial charge on any atom is 0.416 e. The van der Waals surface area contributed by atoms with Crippen LogP contribution in [-0.4, -0.2) is 23.0 Å². The normalized spacial score (nSPS) is 11.2. The van der Waals surface area contributed by atoms with Crippen LogP contribution >= 0.6 is 11.3 Å². The van der Waals surface area contributed by atoms with Gasteiger partial charge in [-0.05, 0) is 29.8 Å². The van der Waals surface area contributed by atoms with E-state index in [2.05, 4.69) is 10.3 Å². The largest absolute Gasteiger partial charge is 0.445 e. The standard InChI is InChI=1S/C19H15F4N3O2S/c1-26(11-12-5-7-13(8-6-12)19(21,22)23)18(27)25-17-24-10-16(29-17)28-15-4-2-3-14(20)9-15/h2-10H,11H2,1H3,(H,24,25,27). The van der Waals surface area contributed by atoms with E-state index in [0.717, 1.165) is 23.5 Å². The Labute approximate surface area is 167 Å². The van der Waals surface area contributed by atoms with Crippen molar-refractivity contribution in [2.24, 2.45) is 0 Å². The Kier molecular flexibility index (Phi) is 6.02. The third kappa shape index (κ3) is 5.67. The van der Waals surface area contributed by atoms with E-state index in [1.165, 1.54) is 48.5 Å². The van der Waals surface area contributed by atoms with Gasteiger partial charge in [0.2, 0.25) is 5.06 Å². The fourth-order valence-corrected chi connectivity index (χ4v) is 3.02. The Balaban J connectivity index is 1.56. The van der Waals surface area contributed by atoms with Gasteiger partial charge in [0.05, 0.1) is 11.8 Å². The molecule has 0 saturated heterocycles. The number of aromatic nitrogens is 1. The van der Waals surface area contributed by atoms with Crippen molar-refractivity contribution < 1.29 is 27.1 Å². The number of carbonyl (C=O) groups excluding carboxylic acids is 1. The Hall–Kier alpha value is -3.14. The zero-order valence-corrected chi connectivity index (χ0v) is 15.9. The van der Waals surface area contributed by atoms with E-state index < -0.39 is 23.6 Å². The van der Waals surface area contributed by atoms with Crippen LogP contribution in [0.4, 0.5) is 27.5 Å². The molecule has 3 rings (SSSR count). The lowest BCUT2D eigenvalue weighted by atomic mass is 10.1. The molecule has 0 aliphatic heterocycles. The van der Waals surface area contributed by atoms with Crippen LogP contribution < -0.4 is 10.1 Å². The Morgan fingerprint density at radius 3 is 2.59 bits per heavy atom. The van der Waals surface area contributed by atoms with E-state index in [-0.39, 0.29) is 11.7 Å². The maximum atomic E-state index is 13.2. The number of ether oxygens (including phenoxy) is 1. The van der Waals surface area contributed by atoms with Crippen molar-refractivity contribution in [3.8, 4) is 10.8 Å². The lowest BCUT2D eigenvalue weighted by Crippen LogP contribution is -2.30. The van der Waals surface area contributed by atoms with Crippen molar-refractivity contribution in [1.29, 1.82) is 0 Å². The third-order valence-corrected chi connectivity index (χ3v) is 4.55. The monoisotopic (exact) mass is 425 g/mol. The molecule has 2 aromatic carbocycles. The molecule has 5 nitrogen and oxygen atoms in total. The van der Waals surface area contributed by atoms with Gasteiger partial charge in [-0.3, -0.25) is 5.32 Å². The van der Waals surface area contributed by atoms with Gasteiger partial charge >= 0.3 is 12.2 Å². The second kappa shape index (κ2) is 8.48. The average Bonchev–Trinajstić information content (AvgIpc) is 3.08. The zero-order valence-electron chi connectivity index (χ0n) is 15.0. The number of nitrogens with zero attached hydrogens (tertiary/aromatic N) is 2. The Morgan fingerprint density at radius 2 is 1.93 bits per heavy atom. The summed E-state index contributed by atoms with van der Waals surface area (Å²) in [7, 11) is 1.50. The molecule has 0 fully saturated rings. The molecule has 0 spiro atoms. The smallest absolute Gasteiger partial charge is 0.416 e. The van der Waals surface area contributed by atoms with Crippen molar-refractivity contribution in [3.05, 3.63) is 71.7 Å². The molecule has 0 unspecified atom stereocenters.